The number of aromatic nitrogens is 2. The first-order chi connectivity index (χ1) is 7.75. The van der Waals surface area contributed by atoms with E-state index in [1.807, 2.05) is 28.9 Å². The summed E-state index contributed by atoms with van der Waals surface area (Å²) in [5.41, 5.74) is 0. The lowest BCUT2D eigenvalue weighted by atomic mass is 10.4. The van der Waals surface area contributed by atoms with Crippen LogP contribution in [-0.2, 0) is 6.54 Å². The number of allylic oxidation sites excluding steroid dienone is 1. The van der Waals surface area contributed by atoms with Crippen molar-refractivity contribution in [3.05, 3.63) is 58.7 Å². The Bertz CT molecular complexity index is 479. The van der Waals surface area contributed by atoms with Crippen LogP contribution >= 0.6 is 27.7 Å². The van der Waals surface area contributed by atoms with E-state index in [0.717, 1.165) is 9.51 Å². The molecule has 0 atom stereocenters. The highest BCUT2D eigenvalue weighted by Crippen LogP contribution is 2.26. The highest BCUT2D eigenvalue weighted by atomic mass is 79.9. The van der Waals surface area contributed by atoms with Gasteiger partial charge in [0.2, 0.25) is 0 Å². The Morgan fingerprint density at radius 3 is 2.69 bits per heavy atom. The van der Waals surface area contributed by atoms with Crippen molar-refractivity contribution in [2.75, 3.05) is 0 Å². The largest absolute Gasteiger partial charge is 0.254 e. The normalized spacial score (nSPS) is 10.3. The van der Waals surface area contributed by atoms with E-state index in [9.17, 15) is 0 Å². The monoisotopic (exact) mass is 294 g/mol. The van der Waals surface area contributed by atoms with Crippen molar-refractivity contribution in [2.45, 2.75) is 11.4 Å². The van der Waals surface area contributed by atoms with E-state index < -0.39 is 0 Å². The first-order valence-corrected chi connectivity index (χ1v) is 6.44. The van der Waals surface area contributed by atoms with Crippen molar-refractivity contribution >= 4 is 27.7 Å². The van der Waals surface area contributed by atoms with Crippen molar-refractivity contribution in [3.63, 3.8) is 0 Å². The highest BCUT2D eigenvalue weighted by Gasteiger charge is 2.02. The second-order valence-electron chi connectivity index (χ2n) is 3.27. The topological polar surface area (TPSA) is 17.8 Å². The number of thioether (sulfide) groups is 1. The van der Waals surface area contributed by atoms with Crippen molar-refractivity contribution < 1.29 is 0 Å². The van der Waals surface area contributed by atoms with E-state index in [1.165, 1.54) is 4.90 Å². The molecule has 4 heteroatoms. The maximum Gasteiger partial charge on any atom is 0.104 e. The zero-order valence-electron chi connectivity index (χ0n) is 8.64. The number of rotatable bonds is 4. The molecule has 0 aliphatic heterocycles. The molecule has 0 unspecified atom stereocenters. The van der Waals surface area contributed by atoms with E-state index in [2.05, 4.69) is 39.7 Å². The number of benzene rings is 1. The Kier molecular flexibility index (Phi) is 3.85. The van der Waals surface area contributed by atoms with Gasteiger partial charge < -0.3 is 0 Å². The van der Waals surface area contributed by atoms with E-state index in [-0.39, 0.29) is 0 Å². The van der Waals surface area contributed by atoms with Crippen molar-refractivity contribution in [1.82, 2.24) is 9.78 Å². The van der Waals surface area contributed by atoms with E-state index >= 15 is 0 Å². The van der Waals surface area contributed by atoms with Crippen LogP contribution in [0.4, 0.5) is 0 Å². The lowest BCUT2D eigenvalue weighted by Gasteiger charge is -2.06. The predicted octanol–water partition coefficient (Wildman–Crippen LogP) is 3.95. The minimum absolute atomic E-state index is 0.715. The Balaban J connectivity index is 1.98. The lowest BCUT2D eigenvalue weighted by Crippen LogP contribution is -2.00. The minimum atomic E-state index is 0.715. The molecule has 0 aliphatic rings. The van der Waals surface area contributed by atoms with E-state index in [4.69, 9.17) is 0 Å². The molecule has 82 valence electrons. The van der Waals surface area contributed by atoms with Crippen LogP contribution in [0.25, 0.3) is 0 Å². The van der Waals surface area contributed by atoms with Crippen molar-refractivity contribution in [3.8, 4) is 0 Å². The van der Waals surface area contributed by atoms with Crippen LogP contribution < -0.4 is 0 Å². The van der Waals surface area contributed by atoms with E-state index in [0.29, 0.717) is 6.54 Å². The highest BCUT2D eigenvalue weighted by molar-refractivity contribution is 9.10. The molecule has 0 fully saturated rings. The molecular formula is C12H11BrN2S. The summed E-state index contributed by atoms with van der Waals surface area (Å²) in [5.74, 6) is 0. The summed E-state index contributed by atoms with van der Waals surface area (Å²) in [6.07, 6.45) is 1.77. The molecule has 16 heavy (non-hydrogen) atoms. The molecule has 0 radical (unpaired) electrons. The molecule has 0 saturated heterocycles. The molecule has 0 N–H and O–H groups in total. The molecule has 1 heterocycles. The summed E-state index contributed by atoms with van der Waals surface area (Å²) in [6.45, 7) is 4.76. The van der Waals surface area contributed by atoms with Gasteiger partial charge in [0, 0.05) is 9.80 Å². The summed E-state index contributed by atoms with van der Waals surface area (Å²) < 4.78 is 2.85. The van der Waals surface area contributed by atoms with Gasteiger partial charge in [0.25, 0.3) is 0 Å². The van der Waals surface area contributed by atoms with Gasteiger partial charge in [-0.1, -0.05) is 36.5 Å². The molecule has 0 saturated carbocycles. The first kappa shape index (κ1) is 11.5. The molecule has 2 aromatic rings. The summed E-state index contributed by atoms with van der Waals surface area (Å²) in [6, 6.07) is 12.1. The third-order valence-corrected chi connectivity index (χ3v) is 3.60. The fourth-order valence-electron chi connectivity index (χ4n) is 1.29. The molecule has 1 aromatic heterocycles. The molecule has 2 nitrogen and oxygen atoms in total. The van der Waals surface area contributed by atoms with Gasteiger partial charge in [-0.15, -0.1) is 0 Å². The zero-order valence-corrected chi connectivity index (χ0v) is 11.0. The average molecular weight is 295 g/mol. The summed E-state index contributed by atoms with van der Waals surface area (Å²) in [4.78, 5) is 2.27. The number of nitrogens with zero attached hydrogens (tertiary/aromatic N) is 2. The standard InChI is InChI=1S/C12H11BrN2S/c1-10(9-15-12(13)7-8-14-15)16-11-5-3-2-4-6-11/h2-8H,1,9H2. The Morgan fingerprint density at radius 1 is 1.31 bits per heavy atom. The third kappa shape index (κ3) is 3.00. The lowest BCUT2D eigenvalue weighted by molar-refractivity contribution is 0.681. The van der Waals surface area contributed by atoms with Crippen LogP contribution in [0, 0.1) is 0 Å². The van der Waals surface area contributed by atoms with Gasteiger partial charge in [0.1, 0.15) is 4.60 Å². The third-order valence-electron chi connectivity index (χ3n) is 2.00. The van der Waals surface area contributed by atoms with Crippen LogP contribution in [-0.4, -0.2) is 9.78 Å². The summed E-state index contributed by atoms with van der Waals surface area (Å²) in [7, 11) is 0. The fraction of sp³-hybridized carbons (Fsp3) is 0.0833. The van der Waals surface area contributed by atoms with Crippen LogP contribution in [0.15, 0.2) is 63.6 Å². The average Bonchev–Trinajstić information content (AvgIpc) is 2.66. The Morgan fingerprint density at radius 2 is 2.06 bits per heavy atom. The summed E-state index contributed by atoms with van der Waals surface area (Å²) in [5, 5.41) is 4.19. The molecule has 2 rings (SSSR count). The van der Waals surface area contributed by atoms with Gasteiger partial charge in [-0.3, -0.25) is 4.68 Å². The van der Waals surface area contributed by atoms with Gasteiger partial charge in [0.15, 0.2) is 0 Å². The fourth-order valence-corrected chi connectivity index (χ4v) is 2.44. The predicted molar refractivity (Wildman–Crippen MR) is 71.4 cm³/mol. The molecule has 1 aromatic carbocycles. The molecule has 0 amide bonds. The van der Waals surface area contributed by atoms with Crippen LogP contribution in [0.2, 0.25) is 0 Å². The first-order valence-electron chi connectivity index (χ1n) is 4.84. The number of hydrogen-bond acceptors (Lipinski definition) is 2. The van der Waals surface area contributed by atoms with E-state index in [1.54, 1.807) is 18.0 Å². The van der Waals surface area contributed by atoms with Gasteiger partial charge in [-0.25, -0.2) is 0 Å². The number of halogens is 1. The molecule has 0 aliphatic carbocycles. The quantitative estimate of drug-likeness (QED) is 0.795. The maximum absolute atomic E-state index is 4.19. The van der Waals surface area contributed by atoms with Gasteiger partial charge in [-0.2, -0.15) is 5.10 Å². The minimum Gasteiger partial charge on any atom is -0.254 e. The Hall–Kier alpha value is -1.00. The van der Waals surface area contributed by atoms with Crippen LogP contribution in [0.3, 0.4) is 0 Å². The summed E-state index contributed by atoms with van der Waals surface area (Å²) >= 11 is 5.10. The zero-order chi connectivity index (χ0) is 11.4. The SMILES string of the molecule is C=C(Cn1nccc1Br)Sc1ccccc1. The maximum atomic E-state index is 4.19. The van der Waals surface area contributed by atoms with Crippen molar-refractivity contribution in [2.24, 2.45) is 0 Å². The second kappa shape index (κ2) is 5.37. The van der Waals surface area contributed by atoms with Crippen molar-refractivity contribution in [1.29, 1.82) is 0 Å². The molecule has 0 spiro atoms. The van der Waals surface area contributed by atoms with Gasteiger partial charge in [-0.05, 0) is 34.1 Å². The van der Waals surface area contributed by atoms with Gasteiger partial charge in [0.05, 0.1) is 12.7 Å². The second-order valence-corrected chi connectivity index (χ2v) is 5.33. The smallest absolute Gasteiger partial charge is 0.104 e. The molecular weight excluding hydrogens is 284 g/mol. The number of hydrogen-bond donors (Lipinski definition) is 0. The Labute approximate surface area is 107 Å². The molecule has 0 bridgehead atoms. The van der Waals surface area contributed by atoms with Gasteiger partial charge >= 0.3 is 0 Å². The van der Waals surface area contributed by atoms with Crippen LogP contribution in [0.1, 0.15) is 0 Å². The van der Waals surface area contributed by atoms with Crippen LogP contribution in [0.5, 0.6) is 0 Å².